The van der Waals surface area contributed by atoms with Crippen LogP contribution in [0.5, 0.6) is 0 Å². The minimum absolute atomic E-state index is 0.298. The predicted octanol–water partition coefficient (Wildman–Crippen LogP) is 3.19. The number of benzene rings is 2. The number of carbonyl (C=O) groups is 1. The Morgan fingerprint density at radius 2 is 1.69 bits per heavy atom. The summed E-state index contributed by atoms with van der Waals surface area (Å²) < 4.78 is 63.1. The average molecular weight is 426 g/mol. The molecule has 0 bridgehead atoms. The van der Waals surface area contributed by atoms with Gasteiger partial charge in [-0.1, -0.05) is 30.3 Å². The summed E-state index contributed by atoms with van der Waals surface area (Å²) in [6, 6.07) is 9.76. The predicted molar refractivity (Wildman–Crippen MR) is 103 cm³/mol. The molecule has 0 spiro atoms. The van der Waals surface area contributed by atoms with Crippen LogP contribution in [0.25, 0.3) is 11.1 Å². The minimum atomic E-state index is -4.37. The fourth-order valence-corrected chi connectivity index (χ4v) is 4.16. The second-order valence-electron chi connectivity index (χ2n) is 7.18. The van der Waals surface area contributed by atoms with E-state index in [1.807, 2.05) is 18.2 Å². The summed E-state index contributed by atoms with van der Waals surface area (Å²) in [5.41, 5.74) is 2.77. The fourth-order valence-electron chi connectivity index (χ4n) is 3.42. The first-order chi connectivity index (χ1) is 13.4. The molecule has 2 aromatic carbocycles. The summed E-state index contributed by atoms with van der Waals surface area (Å²) >= 11 is 0. The van der Waals surface area contributed by atoms with Gasteiger partial charge in [0.25, 0.3) is 0 Å². The molecule has 5 nitrogen and oxygen atoms in total. The SMILES string of the molecule is C[C@H](NS(C)(=O)=O)C(=O)N1CCc2cc(-c3ccc(C(F)(F)F)cc3)ccc2C1. The fraction of sp³-hybridized carbons (Fsp3) is 0.350. The molecule has 1 aliphatic heterocycles. The number of halogens is 3. The third kappa shape index (κ3) is 5.16. The van der Waals surface area contributed by atoms with Gasteiger partial charge >= 0.3 is 6.18 Å². The van der Waals surface area contributed by atoms with Gasteiger partial charge in [0.1, 0.15) is 0 Å². The number of sulfonamides is 1. The molecule has 1 aliphatic rings. The molecule has 3 rings (SSSR count). The molecule has 156 valence electrons. The van der Waals surface area contributed by atoms with Crippen LogP contribution in [0.15, 0.2) is 42.5 Å². The van der Waals surface area contributed by atoms with Crippen molar-refractivity contribution in [3.63, 3.8) is 0 Å². The molecule has 0 saturated heterocycles. The molecule has 29 heavy (non-hydrogen) atoms. The Bertz CT molecular complexity index is 1020. The van der Waals surface area contributed by atoms with E-state index in [9.17, 15) is 26.4 Å². The van der Waals surface area contributed by atoms with E-state index in [-0.39, 0.29) is 5.91 Å². The van der Waals surface area contributed by atoms with E-state index in [1.165, 1.54) is 19.1 Å². The Kier molecular flexibility index (Phi) is 5.73. The van der Waals surface area contributed by atoms with Crippen LogP contribution in [-0.4, -0.2) is 38.1 Å². The van der Waals surface area contributed by atoms with Gasteiger partial charge in [0.15, 0.2) is 0 Å². The lowest BCUT2D eigenvalue weighted by molar-refractivity contribution is -0.137. The molecule has 0 fully saturated rings. The van der Waals surface area contributed by atoms with Gasteiger partial charge in [0, 0.05) is 13.1 Å². The van der Waals surface area contributed by atoms with Crippen molar-refractivity contribution < 1.29 is 26.4 Å². The summed E-state index contributed by atoms with van der Waals surface area (Å²) in [5, 5.41) is 0. The molecule has 0 aromatic heterocycles. The van der Waals surface area contributed by atoms with Crippen molar-refractivity contribution in [2.24, 2.45) is 0 Å². The monoisotopic (exact) mass is 426 g/mol. The molecule has 1 amide bonds. The molecular formula is C20H21F3N2O3S. The smallest absolute Gasteiger partial charge is 0.337 e. The van der Waals surface area contributed by atoms with Gasteiger partial charge in [-0.05, 0) is 47.7 Å². The topological polar surface area (TPSA) is 66.5 Å². The normalized spacial score (nSPS) is 15.7. The van der Waals surface area contributed by atoms with Crippen molar-refractivity contribution in [3.8, 4) is 11.1 Å². The van der Waals surface area contributed by atoms with E-state index in [0.29, 0.717) is 25.1 Å². The van der Waals surface area contributed by atoms with Crippen molar-refractivity contribution >= 4 is 15.9 Å². The molecule has 0 unspecified atom stereocenters. The quantitative estimate of drug-likeness (QED) is 0.817. The summed E-state index contributed by atoms with van der Waals surface area (Å²) in [6.07, 6.45) is -2.78. The van der Waals surface area contributed by atoms with Crippen molar-refractivity contribution in [1.82, 2.24) is 9.62 Å². The Balaban J connectivity index is 1.75. The first kappa shape index (κ1) is 21.3. The maximum atomic E-state index is 12.7. The maximum Gasteiger partial charge on any atom is 0.416 e. The average Bonchev–Trinajstić information content (AvgIpc) is 2.64. The number of hydrogen-bond acceptors (Lipinski definition) is 3. The number of hydrogen-bond donors (Lipinski definition) is 1. The zero-order valence-electron chi connectivity index (χ0n) is 16.0. The van der Waals surface area contributed by atoms with Gasteiger partial charge in [-0.25, -0.2) is 13.1 Å². The van der Waals surface area contributed by atoms with Crippen molar-refractivity contribution in [3.05, 3.63) is 59.2 Å². The molecule has 1 atom stereocenters. The van der Waals surface area contributed by atoms with Crippen LogP contribution < -0.4 is 4.72 Å². The second-order valence-corrected chi connectivity index (χ2v) is 8.96. The number of amides is 1. The van der Waals surface area contributed by atoms with Crippen molar-refractivity contribution in [2.45, 2.75) is 32.1 Å². The van der Waals surface area contributed by atoms with Crippen LogP contribution in [0, 0.1) is 0 Å². The summed E-state index contributed by atoms with van der Waals surface area (Å²) in [7, 11) is -3.48. The molecule has 9 heteroatoms. The summed E-state index contributed by atoms with van der Waals surface area (Å²) in [4.78, 5) is 14.1. The van der Waals surface area contributed by atoms with Gasteiger partial charge in [-0.15, -0.1) is 0 Å². The van der Waals surface area contributed by atoms with Crippen molar-refractivity contribution in [2.75, 3.05) is 12.8 Å². The lowest BCUT2D eigenvalue weighted by Gasteiger charge is -2.31. The number of carbonyl (C=O) groups excluding carboxylic acids is 1. The summed E-state index contributed by atoms with van der Waals surface area (Å²) in [5.74, 6) is -0.298. The third-order valence-corrected chi connectivity index (χ3v) is 5.62. The van der Waals surface area contributed by atoms with E-state index in [2.05, 4.69) is 4.72 Å². The van der Waals surface area contributed by atoms with Crippen LogP contribution in [0.4, 0.5) is 13.2 Å². The molecule has 1 N–H and O–H groups in total. The summed E-state index contributed by atoms with van der Waals surface area (Å²) in [6.45, 7) is 2.31. The third-order valence-electron chi connectivity index (χ3n) is 4.84. The number of nitrogens with one attached hydrogen (secondary N) is 1. The molecule has 0 saturated carbocycles. The highest BCUT2D eigenvalue weighted by molar-refractivity contribution is 7.88. The number of fused-ring (bicyclic) bond motifs is 1. The van der Waals surface area contributed by atoms with Gasteiger partial charge in [-0.3, -0.25) is 4.79 Å². The number of rotatable bonds is 4. The highest BCUT2D eigenvalue weighted by Gasteiger charge is 2.30. The second kappa shape index (κ2) is 7.79. The molecule has 0 radical (unpaired) electrons. The lowest BCUT2D eigenvalue weighted by atomic mass is 9.94. The first-order valence-electron chi connectivity index (χ1n) is 8.99. The zero-order chi connectivity index (χ0) is 21.4. The maximum absolute atomic E-state index is 12.7. The zero-order valence-corrected chi connectivity index (χ0v) is 16.8. The van der Waals surface area contributed by atoms with E-state index in [1.54, 1.807) is 4.90 Å². The van der Waals surface area contributed by atoms with Crippen LogP contribution in [0.3, 0.4) is 0 Å². The van der Waals surface area contributed by atoms with Gasteiger partial charge in [0.05, 0.1) is 17.9 Å². The first-order valence-corrected chi connectivity index (χ1v) is 10.9. The standard InChI is InChI=1S/C20H21F3N2O3S/c1-13(24-29(2,27)28)19(26)25-10-9-16-11-15(3-4-17(16)12-25)14-5-7-18(8-6-14)20(21,22)23/h3-8,11,13,24H,9-10,12H2,1-2H3/t13-/m0/s1. The minimum Gasteiger partial charge on any atom is -0.337 e. The highest BCUT2D eigenvalue weighted by Crippen LogP contribution is 2.32. The Hall–Kier alpha value is -2.39. The molecule has 0 aliphatic carbocycles. The van der Waals surface area contributed by atoms with E-state index in [4.69, 9.17) is 0 Å². The van der Waals surface area contributed by atoms with Crippen LogP contribution in [-0.2, 0) is 34.0 Å². The van der Waals surface area contributed by atoms with E-state index < -0.39 is 27.8 Å². The Morgan fingerprint density at radius 1 is 1.07 bits per heavy atom. The largest absolute Gasteiger partial charge is 0.416 e. The van der Waals surface area contributed by atoms with E-state index >= 15 is 0 Å². The Morgan fingerprint density at radius 3 is 2.28 bits per heavy atom. The lowest BCUT2D eigenvalue weighted by Crippen LogP contribution is -2.48. The van der Waals surface area contributed by atoms with Crippen LogP contribution >= 0.6 is 0 Å². The molecule has 1 heterocycles. The number of nitrogens with zero attached hydrogens (tertiary/aromatic N) is 1. The van der Waals surface area contributed by atoms with Gasteiger partial charge in [-0.2, -0.15) is 13.2 Å². The molecule has 2 aromatic rings. The Labute approximate surface area is 167 Å². The molecular weight excluding hydrogens is 405 g/mol. The van der Waals surface area contributed by atoms with E-state index in [0.717, 1.165) is 35.1 Å². The van der Waals surface area contributed by atoms with Gasteiger partial charge < -0.3 is 4.90 Å². The van der Waals surface area contributed by atoms with Crippen LogP contribution in [0.2, 0.25) is 0 Å². The van der Waals surface area contributed by atoms with Gasteiger partial charge in [0.2, 0.25) is 15.9 Å². The number of alkyl halides is 3. The highest BCUT2D eigenvalue weighted by atomic mass is 32.2. The van der Waals surface area contributed by atoms with Crippen LogP contribution in [0.1, 0.15) is 23.6 Å². The van der Waals surface area contributed by atoms with Crippen molar-refractivity contribution in [1.29, 1.82) is 0 Å².